The zero-order valence-corrected chi connectivity index (χ0v) is 37.4. The molecule has 301 valence electrons. The molecular weight excluding hydrogens is 913 g/mol. The summed E-state index contributed by atoms with van der Waals surface area (Å²) in [6.07, 6.45) is 5.87. The molecule has 0 aliphatic heterocycles. The second-order valence-corrected chi connectivity index (χ2v) is 22.1. The molecule has 5 heteroatoms. The SMILES string of the molecule is [2H]C([2H])([2H])c1c[c-]c(-c2ccc([Si](C)(C)C)cn2)cc1.[2H]c1cc(C2([2H])CCC(C)(C)CC2)cc(C([2H])([2H])[2H])c1-c1cc(-c2[c-]ccc3c2oc2cc(-c4ccccc4)ccc23)ncc1C([2H])([2H])[2H].[Ir]. The average molecular weight is 978 g/mol. The first-order valence-electron chi connectivity index (χ1n) is 25.3. The van der Waals surface area contributed by atoms with Crippen molar-refractivity contribution in [2.45, 2.75) is 85.6 Å². The Labute approximate surface area is 381 Å². The minimum absolute atomic E-state index is 0. The van der Waals surface area contributed by atoms with Crippen molar-refractivity contribution in [3.05, 3.63) is 162 Å². The van der Waals surface area contributed by atoms with Gasteiger partial charge in [0.15, 0.2) is 0 Å². The third-order valence-electron chi connectivity index (χ3n) is 11.2. The molecule has 0 unspecified atom stereocenters. The van der Waals surface area contributed by atoms with Crippen molar-refractivity contribution in [1.29, 1.82) is 0 Å². The number of furan rings is 1. The number of nitrogens with zero attached hydrogens (tertiary/aromatic N) is 2. The Bertz CT molecular complexity index is 3090. The van der Waals surface area contributed by atoms with Crippen LogP contribution in [0.5, 0.6) is 0 Å². The van der Waals surface area contributed by atoms with Crippen LogP contribution in [0.1, 0.15) is 82.8 Å². The van der Waals surface area contributed by atoms with E-state index in [1.54, 1.807) is 24.3 Å². The molecule has 1 radical (unpaired) electrons. The number of aromatic nitrogens is 2. The van der Waals surface area contributed by atoms with Gasteiger partial charge in [0.25, 0.3) is 0 Å². The number of pyridine rings is 2. The van der Waals surface area contributed by atoms with E-state index in [2.05, 4.69) is 61.7 Å². The van der Waals surface area contributed by atoms with E-state index in [4.69, 9.17) is 18.1 Å². The molecule has 3 aromatic heterocycles. The Kier molecular flexibility index (Phi) is 8.86. The Morgan fingerprint density at radius 2 is 1.56 bits per heavy atom. The molecule has 0 bridgehead atoms. The smallest absolute Gasteiger partial charge is 0.121 e. The van der Waals surface area contributed by atoms with Crippen LogP contribution in [-0.4, -0.2) is 18.0 Å². The van der Waals surface area contributed by atoms with Crippen LogP contribution >= 0.6 is 0 Å². The van der Waals surface area contributed by atoms with Gasteiger partial charge in [-0.15, -0.1) is 53.6 Å². The molecule has 0 spiro atoms. The predicted molar refractivity (Wildman–Crippen MR) is 247 cm³/mol. The number of fused-ring (bicyclic) bond motifs is 3. The van der Waals surface area contributed by atoms with Crippen LogP contribution in [0.15, 0.2) is 132 Å². The Hall–Kier alpha value is -4.93. The molecular formula is C54H54IrN2OSi-2. The summed E-state index contributed by atoms with van der Waals surface area (Å²) in [4.78, 5) is 9.01. The quantitative estimate of drug-likeness (QED) is 0.123. The van der Waals surface area contributed by atoms with E-state index in [0.717, 1.165) is 46.0 Å². The van der Waals surface area contributed by atoms with Gasteiger partial charge in [0.1, 0.15) is 5.58 Å². The summed E-state index contributed by atoms with van der Waals surface area (Å²) in [5.41, 5.74) is 6.35. The standard InChI is InChI=1S/C39H36NO.C15H18NSi.Ir/c1-25-21-29(28-17-19-39(3,4)20-18-28)13-15-31(25)35-23-36(40-24-26(35)2)34-12-8-11-33-32-16-14-30(22-37(32)41-38(33)34)27-9-6-5-7-10-27;1-12-5-7-13(8-6-12)15-10-9-14(11-16-15)17(2,3)4;/h5-11,13-16,21-24,28H,17-20H2,1-4H3;5-7,9-11H,1-4H3;/q2*-1;/i1D3,2D3,15D,28D;1D3;. The molecule has 9 rings (SSSR count). The second-order valence-electron chi connectivity index (χ2n) is 17.0. The van der Waals surface area contributed by atoms with E-state index in [-0.39, 0.29) is 53.8 Å². The minimum Gasteiger partial charge on any atom is -0.501 e. The largest absolute Gasteiger partial charge is 0.501 e. The van der Waals surface area contributed by atoms with Gasteiger partial charge in [0, 0.05) is 51.6 Å². The second kappa shape index (κ2) is 17.3. The summed E-state index contributed by atoms with van der Waals surface area (Å²) in [5.74, 6) is -1.04. The predicted octanol–water partition coefficient (Wildman–Crippen LogP) is 14.5. The molecule has 3 heterocycles. The van der Waals surface area contributed by atoms with Gasteiger partial charge >= 0.3 is 0 Å². The Balaban J connectivity index is 0.000000289. The number of benzene rings is 5. The normalized spacial score (nSPS) is 18.0. The van der Waals surface area contributed by atoms with E-state index in [1.807, 2.05) is 66.9 Å². The van der Waals surface area contributed by atoms with E-state index in [9.17, 15) is 1.37 Å². The first kappa shape index (κ1) is 30.1. The van der Waals surface area contributed by atoms with Crippen molar-refractivity contribution in [2.75, 3.05) is 0 Å². The molecule has 1 aliphatic rings. The maximum Gasteiger partial charge on any atom is 0.121 e. The van der Waals surface area contributed by atoms with Crippen molar-refractivity contribution in [3.63, 3.8) is 0 Å². The van der Waals surface area contributed by atoms with E-state index < -0.39 is 34.5 Å². The zero-order valence-electron chi connectivity index (χ0n) is 45.0. The van der Waals surface area contributed by atoms with Crippen LogP contribution < -0.4 is 5.19 Å². The molecule has 1 saturated carbocycles. The summed E-state index contributed by atoms with van der Waals surface area (Å²) < 4.78 is 97.4. The molecule has 5 aromatic carbocycles. The summed E-state index contributed by atoms with van der Waals surface area (Å²) in [5, 5.41) is 3.03. The Morgan fingerprint density at radius 1 is 0.763 bits per heavy atom. The molecule has 8 aromatic rings. The van der Waals surface area contributed by atoms with Crippen molar-refractivity contribution >= 4 is 35.2 Å². The molecule has 1 fully saturated rings. The fourth-order valence-corrected chi connectivity index (χ4v) is 8.60. The fraction of sp³-hybridized carbons (Fsp3) is 0.259. The van der Waals surface area contributed by atoms with Crippen molar-refractivity contribution in [3.8, 4) is 44.8 Å². The van der Waals surface area contributed by atoms with Crippen LogP contribution in [0.3, 0.4) is 0 Å². The number of rotatable bonds is 6. The van der Waals surface area contributed by atoms with Crippen LogP contribution in [0.4, 0.5) is 0 Å². The third-order valence-corrected chi connectivity index (χ3v) is 13.3. The van der Waals surface area contributed by atoms with Gasteiger partial charge in [-0.1, -0.05) is 130 Å². The van der Waals surface area contributed by atoms with Crippen molar-refractivity contribution < 1.29 is 39.6 Å². The molecule has 0 atom stereocenters. The summed E-state index contributed by atoms with van der Waals surface area (Å²) in [7, 11) is -1.34. The number of hydrogen-bond donors (Lipinski definition) is 0. The summed E-state index contributed by atoms with van der Waals surface area (Å²) in [6.45, 7) is 3.77. The average Bonchev–Trinajstić information content (AvgIpc) is 3.67. The van der Waals surface area contributed by atoms with Crippen molar-refractivity contribution in [2.24, 2.45) is 5.41 Å². The minimum atomic E-state index is -2.68. The molecule has 0 saturated heterocycles. The monoisotopic (exact) mass is 978 g/mol. The van der Waals surface area contributed by atoms with E-state index in [1.165, 1.54) is 29.6 Å². The van der Waals surface area contributed by atoms with Gasteiger partial charge in [0.05, 0.1) is 15.0 Å². The van der Waals surface area contributed by atoms with Crippen LogP contribution in [0.25, 0.3) is 66.7 Å². The maximum absolute atomic E-state index is 9.30. The fourth-order valence-electron chi connectivity index (χ4n) is 7.56. The first-order chi connectivity index (χ1) is 32.2. The van der Waals surface area contributed by atoms with Gasteiger partial charge in [-0.25, -0.2) is 0 Å². The summed E-state index contributed by atoms with van der Waals surface area (Å²) >= 11 is 0. The van der Waals surface area contributed by atoms with E-state index >= 15 is 0 Å². The van der Waals surface area contributed by atoms with Gasteiger partial charge in [0.2, 0.25) is 0 Å². The molecule has 1 aliphatic carbocycles. The number of aryl methyl sites for hydroxylation is 3. The Morgan fingerprint density at radius 3 is 2.25 bits per heavy atom. The molecule has 0 amide bonds. The maximum atomic E-state index is 9.30. The van der Waals surface area contributed by atoms with E-state index in [0.29, 0.717) is 46.4 Å². The molecule has 0 N–H and O–H groups in total. The molecule has 59 heavy (non-hydrogen) atoms. The molecule has 3 nitrogen and oxygen atoms in total. The van der Waals surface area contributed by atoms with Crippen LogP contribution in [0, 0.1) is 38.1 Å². The van der Waals surface area contributed by atoms with Gasteiger partial charge in [-0.2, -0.15) is 0 Å². The van der Waals surface area contributed by atoms with Gasteiger partial charge < -0.3 is 14.4 Å². The summed E-state index contributed by atoms with van der Waals surface area (Å²) in [6, 6.07) is 39.3. The van der Waals surface area contributed by atoms with Gasteiger partial charge in [-0.05, 0) is 112 Å². The zero-order chi connectivity index (χ0) is 49.9. The third kappa shape index (κ3) is 9.29. The van der Waals surface area contributed by atoms with Crippen LogP contribution in [-0.2, 0) is 20.1 Å². The van der Waals surface area contributed by atoms with Gasteiger partial charge in [-0.3, -0.25) is 0 Å². The topological polar surface area (TPSA) is 38.9 Å². The first-order valence-corrected chi connectivity index (χ1v) is 23.3. The van der Waals surface area contributed by atoms with Crippen molar-refractivity contribution in [1.82, 2.24) is 9.97 Å². The number of hydrogen-bond acceptors (Lipinski definition) is 3. The van der Waals surface area contributed by atoms with Crippen LogP contribution in [0.2, 0.25) is 19.6 Å².